The van der Waals surface area contributed by atoms with Gasteiger partial charge in [0.05, 0.1) is 26.4 Å². The van der Waals surface area contributed by atoms with Crippen LogP contribution in [0.3, 0.4) is 0 Å². The standard InChI is InChI=1S/C87H154O16P2/c1-4-7-10-13-16-19-22-24-26-28-30-32-34-36-38-39-40-41-43-45-46-48-50-52-54-56-59-61-64-67-70-73-85(90)97-76-82(88)77-99-104(93,94)100-78-83(89)79-101-105(95,96)102-81-84(103-87(92)75-72-69-66-63-58-21-18-15-12-9-6-3)80-98-86(91)74-71-68-65-62-60-57-55-53-51-49-47-44-42-37-35-33-31-29-27-25-23-20-17-14-11-8-5-2/h15-20,24-27,30-33,36-38,42,82-84,88-89H,4-14,21-23,28-29,34-35,39-41,43-81H2,1-3H3,(H,93,94)(H,95,96)/b18-15-,19-16-,20-17-,26-24-,27-25-,32-30-,33-31-,38-36-,42-37-. The summed E-state index contributed by atoms with van der Waals surface area (Å²) in [6.45, 7) is 2.61. The molecule has 0 spiro atoms. The van der Waals surface area contributed by atoms with E-state index in [0.717, 1.165) is 128 Å². The quantitative estimate of drug-likeness (QED) is 0.0146. The van der Waals surface area contributed by atoms with Crippen molar-refractivity contribution in [3.63, 3.8) is 0 Å². The van der Waals surface area contributed by atoms with Crippen molar-refractivity contribution in [1.29, 1.82) is 0 Å². The highest BCUT2D eigenvalue weighted by molar-refractivity contribution is 7.47. The smallest absolute Gasteiger partial charge is 0.463 e. The number of hydrogen-bond acceptors (Lipinski definition) is 14. The third-order valence-corrected chi connectivity index (χ3v) is 19.8. The summed E-state index contributed by atoms with van der Waals surface area (Å²) >= 11 is 0. The van der Waals surface area contributed by atoms with Crippen molar-refractivity contribution >= 4 is 33.6 Å². The van der Waals surface area contributed by atoms with Crippen molar-refractivity contribution in [2.45, 2.75) is 386 Å². The zero-order valence-electron chi connectivity index (χ0n) is 66.6. The van der Waals surface area contributed by atoms with Crippen molar-refractivity contribution in [1.82, 2.24) is 0 Å². The van der Waals surface area contributed by atoms with Gasteiger partial charge in [0, 0.05) is 19.3 Å². The van der Waals surface area contributed by atoms with Crippen LogP contribution in [0.4, 0.5) is 0 Å². The van der Waals surface area contributed by atoms with Crippen LogP contribution >= 0.6 is 15.6 Å². The Morgan fingerprint density at radius 1 is 0.267 bits per heavy atom. The summed E-state index contributed by atoms with van der Waals surface area (Å²) in [4.78, 5) is 58.6. The van der Waals surface area contributed by atoms with E-state index in [1.54, 1.807) is 0 Å². The second-order valence-electron chi connectivity index (χ2n) is 28.3. The third-order valence-electron chi connectivity index (χ3n) is 17.9. The molecule has 4 N–H and O–H groups in total. The molecule has 0 fully saturated rings. The highest BCUT2D eigenvalue weighted by atomic mass is 31.2. The van der Waals surface area contributed by atoms with Crippen molar-refractivity contribution in [2.75, 3.05) is 39.6 Å². The predicted octanol–water partition coefficient (Wildman–Crippen LogP) is 25.1. The topological polar surface area (TPSA) is 231 Å². The van der Waals surface area contributed by atoms with E-state index < -0.39 is 91.5 Å². The van der Waals surface area contributed by atoms with E-state index in [1.165, 1.54) is 180 Å². The van der Waals surface area contributed by atoms with Gasteiger partial charge in [-0.15, -0.1) is 0 Å². The zero-order valence-corrected chi connectivity index (χ0v) is 68.4. The molecular weight excluding hydrogens is 1360 g/mol. The van der Waals surface area contributed by atoms with Gasteiger partial charge in [0.25, 0.3) is 0 Å². The van der Waals surface area contributed by atoms with Crippen molar-refractivity contribution < 1.29 is 75.8 Å². The number of carbonyl (C=O) groups excluding carboxylic acids is 3. The minimum atomic E-state index is -4.93. The van der Waals surface area contributed by atoms with Crippen LogP contribution < -0.4 is 0 Å². The van der Waals surface area contributed by atoms with Crippen LogP contribution in [0.1, 0.15) is 367 Å². The first kappa shape index (κ1) is 101. The Kier molecular flexibility index (Phi) is 76.9. The molecule has 0 aromatic rings. The lowest BCUT2D eigenvalue weighted by Crippen LogP contribution is -2.30. The molecule has 0 aliphatic carbocycles. The second kappa shape index (κ2) is 79.8. The monoisotopic (exact) mass is 1520 g/mol. The Hall–Kier alpha value is -3.79. The maximum atomic E-state index is 12.9. The maximum Gasteiger partial charge on any atom is 0.472 e. The number of rotatable bonds is 80. The van der Waals surface area contributed by atoms with Crippen LogP contribution in [0, 0.1) is 0 Å². The summed E-state index contributed by atoms with van der Waals surface area (Å²) in [5, 5.41) is 20.6. The third kappa shape index (κ3) is 81.0. The van der Waals surface area contributed by atoms with Crippen molar-refractivity contribution in [3.8, 4) is 0 Å². The number of esters is 3. The summed E-state index contributed by atoms with van der Waals surface area (Å²) in [5.74, 6) is -1.58. The number of phosphoric ester groups is 2. The summed E-state index contributed by atoms with van der Waals surface area (Å²) in [6, 6.07) is 0. The average molecular weight is 1520 g/mol. The average Bonchev–Trinajstić information content (AvgIpc) is 0.918. The molecule has 0 amide bonds. The fourth-order valence-electron chi connectivity index (χ4n) is 11.5. The van der Waals surface area contributed by atoms with E-state index in [4.69, 9.17) is 32.3 Å². The normalized spacial score (nSPS) is 14.5. The van der Waals surface area contributed by atoms with Crippen molar-refractivity contribution in [2.24, 2.45) is 0 Å². The molecule has 16 nitrogen and oxygen atoms in total. The van der Waals surface area contributed by atoms with Gasteiger partial charge in [-0.1, -0.05) is 329 Å². The molecule has 0 aliphatic rings. The number of aliphatic hydroxyl groups is 2. The van der Waals surface area contributed by atoms with Gasteiger partial charge in [0.1, 0.15) is 25.4 Å². The van der Waals surface area contributed by atoms with Crippen LogP contribution in [0.2, 0.25) is 0 Å². The minimum absolute atomic E-state index is 0.0937. The zero-order chi connectivity index (χ0) is 76.6. The van der Waals surface area contributed by atoms with Gasteiger partial charge in [-0.25, -0.2) is 9.13 Å². The molecular formula is C87H154O16P2. The Morgan fingerprint density at radius 3 is 0.790 bits per heavy atom. The highest BCUT2D eigenvalue weighted by Gasteiger charge is 2.29. The molecule has 5 unspecified atom stereocenters. The largest absolute Gasteiger partial charge is 0.472 e. The van der Waals surface area contributed by atoms with Gasteiger partial charge < -0.3 is 34.2 Å². The summed E-state index contributed by atoms with van der Waals surface area (Å²) in [6.07, 6.45) is 94.4. The highest BCUT2D eigenvalue weighted by Crippen LogP contribution is 2.45. The summed E-state index contributed by atoms with van der Waals surface area (Å²) in [5.41, 5.74) is 0. The first-order valence-corrected chi connectivity index (χ1v) is 45.2. The molecule has 0 aliphatic heterocycles. The lowest BCUT2D eigenvalue weighted by Gasteiger charge is -2.21. The number of phosphoric acid groups is 2. The van der Waals surface area contributed by atoms with E-state index in [9.17, 15) is 43.5 Å². The molecule has 5 atom stereocenters. The van der Waals surface area contributed by atoms with Gasteiger partial charge in [-0.2, -0.15) is 0 Å². The molecule has 18 heteroatoms. The van der Waals surface area contributed by atoms with E-state index in [0.29, 0.717) is 19.3 Å². The molecule has 0 rings (SSSR count). The number of unbranched alkanes of at least 4 members (excludes halogenated alkanes) is 39. The fraction of sp³-hybridized carbons (Fsp3) is 0.759. The Bertz CT molecular complexity index is 2340. The summed E-state index contributed by atoms with van der Waals surface area (Å²) < 4.78 is 61.1. The van der Waals surface area contributed by atoms with Crippen LogP contribution in [-0.4, -0.2) is 95.9 Å². The van der Waals surface area contributed by atoms with E-state index in [1.807, 2.05) is 0 Å². The lowest BCUT2D eigenvalue weighted by atomic mass is 10.0. The van der Waals surface area contributed by atoms with E-state index in [2.05, 4.69) is 130 Å². The first-order valence-electron chi connectivity index (χ1n) is 42.2. The van der Waals surface area contributed by atoms with Crippen LogP contribution in [0.15, 0.2) is 109 Å². The molecule has 105 heavy (non-hydrogen) atoms. The Balaban J connectivity index is 4.39. The van der Waals surface area contributed by atoms with Crippen LogP contribution in [0.25, 0.3) is 0 Å². The van der Waals surface area contributed by atoms with Gasteiger partial charge >= 0.3 is 33.6 Å². The van der Waals surface area contributed by atoms with Gasteiger partial charge in [0.2, 0.25) is 0 Å². The molecule has 0 saturated carbocycles. The molecule has 0 heterocycles. The lowest BCUT2D eigenvalue weighted by molar-refractivity contribution is -0.161. The maximum absolute atomic E-state index is 12.9. The SMILES string of the molecule is CCCC/C=C\CCCCCCCC(=O)OC(COC(=O)CCCCCCCCCCCCC/C=C\C/C=C\C/C=C\C/C=C\CCCCC)COP(=O)(O)OCC(O)COP(=O)(O)OCC(O)COC(=O)CCCCCCCCCCCCCCCCC/C=C\C/C=C\C/C=C\C/C=C\CCCCC. The molecule has 0 bridgehead atoms. The number of aliphatic hydroxyl groups excluding tert-OH is 2. The fourth-order valence-corrected chi connectivity index (χ4v) is 13.0. The molecule has 0 radical (unpaired) electrons. The Labute approximate surface area is 640 Å². The van der Waals surface area contributed by atoms with E-state index in [-0.39, 0.29) is 19.3 Å². The van der Waals surface area contributed by atoms with E-state index >= 15 is 0 Å². The van der Waals surface area contributed by atoms with Crippen LogP contribution in [0.5, 0.6) is 0 Å². The Morgan fingerprint density at radius 2 is 0.486 bits per heavy atom. The number of allylic oxidation sites excluding steroid dienone is 18. The first-order chi connectivity index (χ1) is 51.2. The predicted molar refractivity (Wildman–Crippen MR) is 436 cm³/mol. The van der Waals surface area contributed by atoms with Crippen molar-refractivity contribution in [3.05, 3.63) is 109 Å². The van der Waals surface area contributed by atoms with Gasteiger partial charge in [-0.05, 0) is 128 Å². The van der Waals surface area contributed by atoms with Crippen LogP contribution in [-0.2, 0) is 55.8 Å². The number of ether oxygens (including phenoxy) is 3. The molecule has 608 valence electrons. The molecule has 0 aromatic heterocycles. The summed E-state index contributed by atoms with van der Waals surface area (Å²) in [7, 11) is -9.79. The molecule has 0 aromatic carbocycles. The minimum Gasteiger partial charge on any atom is -0.463 e. The van der Waals surface area contributed by atoms with Gasteiger partial charge in [0.15, 0.2) is 6.10 Å². The second-order valence-corrected chi connectivity index (χ2v) is 31.2. The molecule has 0 saturated heterocycles. The van der Waals surface area contributed by atoms with Gasteiger partial charge in [-0.3, -0.25) is 32.5 Å². The number of carbonyl (C=O) groups is 3. The number of hydrogen-bond donors (Lipinski definition) is 4.